The highest BCUT2D eigenvalue weighted by atomic mass is 16.2. The van der Waals surface area contributed by atoms with Crippen LogP contribution in [-0.4, -0.2) is 32.8 Å². The first-order valence-electron chi connectivity index (χ1n) is 7.07. The molecule has 3 aromatic rings. The van der Waals surface area contributed by atoms with Gasteiger partial charge < -0.3 is 9.88 Å². The normalized spacial score (nSPS) is 14.7. The first-order chi connectivity index (χ1) is 10.7. The van der Waals surface area contributed by atoms with Crippen LogP contribution in [-0.2, 0) is 4.79 Å². The third kappa shape index (κ3) is 2.07. The summed E-state index contributed by atoms with van der Waals surface area (Å²) in [6.45, 7) is 0. The Morgan fingerprint density at radius 2 is 2.09 bits per heavy atom. The number of nitrogens with zero attached hydrogens (tertiary/aromatic N) is 3. The highest BCUT2D eigenvalue weighted by Crippen LogP contribution is 2.28. The largest absolute Gasteiger partial charge is 0.346 e. The minimum Gasteiger partial charge on any atom is -0.346 e. The van der Waals surface area contributed by atoms with E-state index in [1.807, 2.05) is 36.8 Å². The second kappa shape index (κ2) is 4.80. The molecular formula is C17H14N4O. The smallest absolute Gasteiger partial charge is 0.230 e. The van der Waals surface area contributed by atoms with Crippen molar-refractivity contribution in [1.29, 1.82) is 0 Å². The lowest BCUT2D eigenvalue weighted by molar-refractivity contribution is -0.125. The van der Waals surface area contributed by atoms with E-state index in [4.69, 9.17) is 0 Å². The van der Waals surface area contributed by atoms with Crippen molar-refractivity contribution >= 4 is 22.5 Å². The number of hydrogen-bond donors (Lipinski definition) is 1. The van der Waals surface area contributed by atoms with Gasteiger partial charge >= 0.3 is 0 Å². The SMILES string of the molecule is CN1C=C(c2cc(-c3cnc4[nH]ccc4c3)ccn2)CC1=O. The summed E-state index contributed by atoms with van der Waals surface area (Å²) in [7, 11) is 1.77. The minimum absolute atomic E-state index is 0.0950. The molecular weight excluding hydrogens is 276 g/mol. The number of H-pyrrole nitrogens is 1. The molecule has 22 heavy (non-hydrogen) atoms. The molecule has 4 rings (SSSR count). The zero-order valence-electron chi connectivity index (χ0n) is 12.1. The van der Waals surface area contributed by atoms with Gasteiger partial charge in [-0.1, -0.05) is 0 Å². The van der Waals surface area contributed by atoms with Crippen molar-refractivity contribution in [2.24, 2.45) is 0 Å². The first-order valence-corrected chi connectivity index (χ1v) is 7.07. The van der Waals surface area contributed by atoms with Crippen LogP contribution in [0.3, 0.4) is 0 Å². The maximum atomic E-state index is 11.7. The molecule has 0 radical (unpaired) electrons. The molecule has 0 aliphatic carbocycles. The number of nitrogens with one attached hydrogen (secondary N) is 1. The standard InChI is InChI=1S/C17H14N4O/c1-21-10-14(8-16(21)22)15-7-11(2-4-18-15)13-6-12-3-5-19-17(12)20-9-13/h2-7,9-10H,8H2,1H3,(H,19,20). The van der Waals surface area contributed by atoms with Gasteiger partial charge in [0.15, 0.2) is 0 Å². The fraction of sp³-hybridized carbons (Fsp3) is 0.118. The molecule has 1 aliphatic heterocycles. The molecule has 108 valence electrons. The molecule has 1 amide bonds. The lowest BCUT2D eigenvalue weighted by Gasteiger charge is -2.05. The average Bonchev–Trinajstić information content (AvgIpc) is 3.14. The summed E-state index contributed by atoms with van der Waals surface area (Å²) in [6.07, 6.45) is 7.75. The van der Waals surface area contributed by atoms with E-state index in [1.165, 1.54) is 0 Å². The van der Waals surface area contributed by atoms with Gasteiger partial charge in [-0.2, -0.15) is 0 Å². The van der Waals surface area contributed by atoms with Crippen molar-refractivity contribution in [3.63, 3.8) is 0 Å². The number of carbonyl (C=O) groups is 1. The summed E-state index contributed by atoms with van der Waals surface area (Å²) in [6, 6.07) is 8.06. The van der Waals surface area contributed by atoms with Crippen molar-refractivity contribution in [1.82, 2.24) is 19.9 Å². The van der Waals surface area contributed by atoms with Gasteiger partial charge in [-0.25, -0.2) is 4.98 Å². The number of aromatic amines is 1. The second-order valence-electron chi connectivity index (χ2n) is 5.41. The summed E-state index contributed by atoms with van der Waals surface area (Å²) < 4.78 is 0. The molecule has 0 bridgehead atoms. The van der Waals surface area contributed by atoms with E-state index in [2.05, 4.69) is 21.0 Å². The van der Waals surface area contributed by atoms with Crippen molar-refractivity contribution in [2.75, 3.05) is 7.05 Å². The van der Waals surface area contributed by atoms with Crippen LogP contribution < -0.4 is 0 Å². The molecule has 0 aromatic carbocycles. The molecule has 1 N–H and O–H groups in total. The Morgan fingerprint density at radius 1 is 1.18 bits per heavy atom. The Hall–Kier alpha value is -2.95. The van der Waals surface area contributed by atoms with Crippen molar-refractivity contribution in [3.05, 3.63) is 54.7 Å². The number of rotatable bonds is 2. The Kier molecular flexibility index (Phi) is 2.79. The number of fused-ring (bicyclic) bond motifs is 1. The van der Waals surface area contributed by atoms with Crippen molar-refractivity contribution in [2.45, 2.75) is 6.42 Å². The number of aromatic nitrogens is 3. The highest BCUT2D eigenvalue weighted by Gasteiger charge is 2.20. The quantitative estimate of drug-likeness (QED) is 0.789. The molecule has 0 saturated carbocycles. The molecule has 0 unspecified atom stereocenters. The van der Waals surface area contributed by atoms with E-state index < -0.39 is 0 Å². The van der Waals surface area contributed by atoms with Gasteiger partial charge in [0.05, 0.1) is 12.1 Å². The fourth-order valence-corrected chi connectivity index (χ4v) is 2.68. The van der Waals surface area contributed by atoms with Gasteiger partial charge in [-0.05, 0) is 29.8 Å². The molecule has 5 nitrogen and oxygen atoms in total. The predicted molar refractivity (Wildman–Crippen MR) is 84.7 cm³/mol. The molecule has 0 saturated heterocycles. The number of hydrogen-bond acceptors (Lipinski definition) is 3. The predicted octanol–water partition coefficient (Wildman–Crippen LogP) is 2.83. The van der Waals surface area contributed by atoms with Crippen LogP contribution in [0, 0.1) is 0 Å². The van der Waals surface area contributed by atoms with Gasteiger partial charge in [-0.3, -0.25) is 9.78 Å². The second-order valence-corrected chi connectivity index (χ2v) is 5.41. The molecule has 0 spiro atoms. The molecule has 5 heteroatoms. The summed E-state index contributed by atoms with van der Waals surface area (Å²) in [5, 5.41) is 1.07. The number of pyridine rings is 2. The first kappa shape index (κ1) is 12.8. The summed E-state index contributed by atoms with van der Waals surface area (Å²) >= 11 is 0. The highest BCUT2D eigenvalue weighted by molar-refractivity contribution is 5.94. The van der Waals surface area contributed by atoms with Crippen LogP contribution in [0.2, 0.25) is 0 Å². The number of carbonyl (C=O) groups excluding carboxylic acids is 1. The fourth-order valence-electron chi connectivity index (χ4n) is 2.68. The van der Waals surface area contributed by atoms with Crippen LogP contribution in [0.25, 0.3) is 27.7 Å². The van der Waals surface area contributed by atoms with Gasteiger partial charge in [0.25, 0.3) is 0 Å². The molecule has 4 heterocycles. The Bertz CT molecular complexity index is 910. The maximum absolute atomic E-state index is 11.7. The zero-order valence-corrected chi connectivity index (χ0v) is 12.1. The van der Waals surface area contributed by atoms with E-state index in [0.717, 1.165) is 33.4 Å². The van der Waals surface area contributed by atoms with Gasteiger partial charge in [-0.15, -0.1) is 0 Å². The van der Waals surface area contributed by atoms with E-state index in [-0.39, 0.29) is 5.91 Å². The van der Waals surface area contributed by atoms with E-state index in [0.29, 0.717) is 6.42 Å². The van der Waals surface area contributed by atoms with Crippen LogP contribution in [0.15, 0.2) is 49.1 Å². The van der Waals surface area contributed by atoms with Crippen LogP contribution >= 0.6 is 0 Å². The summed E-state index contributed by atoms with van der Waals surface area (Å²) in [5.74, 6) is 0.0950. The van der Waals surface area contributed by atoms with Gasteiger partial charge in [0.2, 0.25) is 5.91 Å². The Morgan fingerprint density at radius 3 is 2.91 bits per heavy atom. The van der Waals surface area contributed by atoms with Crippen LogP contribution in [0.5, 0.6) is 0 Å². The number of amides is 1. The molecule has 3 aromatic heterocycles. The lowest BCUT2D eigenvalue weighted by Crippen LogP contribution is -2.13. The minimum atomic E-state index is 0.0950. The van der Waals surface area contributed by atoms with Gasteiger partial charge in [0, 0.05) is 48.4 Å². The summed E-state index contributed by atoms with van der Waals surface area (Å²) in [5.41, 5.74) is 4.75. The Labute approximate surface area is 127 Å². The average molecular weight is 290 g/mol. The van der Waals surface area contributed by atoms with Gasteiger partial charge in [0.1, 0.15) is 5.65 Å². The van der Waals surface area contributed by atoms with E-state index in [9.17, 15) is 4.79 Å². The molecule has 0 atom stereocenters. The molecule has 0 fully saturated rings. The lowest BCUT2D eigenvalue weighted by atomic mass is 10.0. The van der Waals surface area contributed by atoms with Crippen LogP contribution in [0.1, 0.15) is 12.1 Å². The third-order valence-electron chi connectivity index (χ3n) is 3.91. The van der Waals surface area contributed by atoms with E-state index >= 15 is 0 Å². The Balaban J connectivity index is 1.75. The van der Waals surface area contributed by atoms with Crippen molar-refractivity contribution in [3.8, 4) is 11.1 Å². The summed E-state index contributed by atoms with van der Waals surface area (Å²) in [4.78, 5) is 25.2. The van der Waals surface area contributed by atoms with Crippen molar-refractivity contribution < 1.29 is 4.79 Å². The van der Waals surface area contributed by atoms with Crippen LogP contribution in [0.4, 0.5) is 0 Å². The van der Waals surface area contributed by atoms with E-state index in [1.54, 1.807) is 18.1 Å². The topological polar surface area (TPSA) is 61.9 Å². The monoisotopic (exact) mass is 290 g/mol. The molecule has 1 aliphatic rings. The zero-order chi connectivity index (χ0) is 15.1. The maximum Gasteiger partial charge on any atom is 0.230 e. The third-order valence-corrected chi connectivity index (χ3v) is 3.91.